The highest BCUT2D eigenvalue weighted by Gasteiger charge is 2.46. The molecule has 4 aliphatic rings. The van der Waals surface area contributed by atoms with Crippen LogP contribution in [0.5, 0.6) is 0 Å². The van der Waals surface area contributed by atoms with Crippen LogP contribution in [-0.4, -0.2) is 75.2 Å². The van der Waals surface area contributed by atoms with Gasteiger partial charge in [0.2, 0.25) is 0 Å². The third-order valence-electron chi connectivity index (χ3n) is 10.3. The topological polar surface area (TPSA) is 119 Å². The summed E-state index contributed by atoms with van der Waals surface area (Å²) in [6.45, 7) is 12.8. The summed E-state index contributed by atoms with van der Waals surface area (Å²) >= 11 is 9.06. The molecule has 53 heavy (non-hydrogen) atoms. The predicted octanol–water partition coefficient (Wildman–Crippen LogP) is 7.67. The van der Waals surface area contributed by atoms with E-state index in [1.807, 2.05) is 49.1 Å². The van der Waals surface area contributed by atoms with Crippen molar-refractivity contribution in [1.29, 1.82) is 0 Å². The van der Waals surface area contributed by atoms with Crippen LogP contribution in [0.4, 0.5) is 11.6 Å². The Balaban J connectivity index is 0.000000132. The Morgan fingerprint density at radius 3 is 1.45 bits per heavy atom. The average molecular weight is 796 g/mol. The minimum Gasteiger partial charge on any atom is -0.355 e. The first-order valence-electron chi connectivity index (χ1n) is 17.6. The van der Waals surface area contributed by atoms with Crippen LogP contribution in [0.15, 0.2) is 78.4 Å². The van der Waals surface area contributed by atoms with Crippen LogP contribution in [0.25, 0.3) is 23.0 Å². The Hall–Kier alpha value is -4.75. The number of halogens is 2. The van der Waals surface area contributed by atoms with Gasteiger partial charge in [-0.3, -0.25) is 9.97 Å². The standard InChI is InChI=1S/C19H20N6.C10H10ClN3.C9H10BrN3.CH4/c1-12-3-4-13(2)25(12)19-8-20-6-17(23-19)16-7-22-18(9-21-16)24-10-14-5-15(14)11-24;1-7-3-4-8(2)14(7)10-6-12-5-9(11)13-10;10-8-2-12-9(3-11-8)13-4-6-1-7(6)5-13;/h3-4,6-9,14-15H,5,10-11H2,1-2H3;3-6H,1-2H3;2-3,6-7H,1,4-5H2;1H4. The van der Waals surface area contributed by atoms with Crippen molar-refractivity contribution in [3.05, 3.63) is 106 Å². The molecular formula is C39H44BrClN12. The Morgan fingerprint density at radius 1 is 0.528 bits per heavy atom. The number of hydrogen-bond donors (Lipinski definition) is 0. The highest BCUT2D eigenvalue weighted by molar-refractivity contribution is 9.10. The monoisotopic (exact) mass is 794 g/mol. The Bertz CT molecular complexity index is 2120. The fourth-order valence-corrected chi connectivity index (χ4v) is 7.69. The molecule has 2 aliphatic carbocycles. The number of piperidine rings is 2. The first kappa shape index (κ1) is 36.6. The van der Waals surface area contributed by atoms with E-state index in [0.717, 1.165) is 98.8 Å². The molecule has 0 radical (unpaired) electrons. The smallest absolute Gasteiger partial charge is 0.157 e. The Morgan fingerprint density at radius 2 is 1.00 bits per heavy atom. The van der Waals surface area contributed by atoms with Gasteiger partial charge in [-0.25, -0.2) is 29.9 Å². The van der Waals surface area contributed by atoms with Crippen LogP contribution in [-0.2, 0) is 0 Å². The highest BCUT2D eigenvalue weighted by atomic mass is 79.9. The van der Waals surface area contributed by atoms with Crippen LogP contribution in [0.3, 0.4) is 0 Å². The molecule has 8 heterocycles. The van der Waals surface area contributed by atoms with Gasteiger partial charge in [-0.2, -0.15) is 0 Å². The zero-order chi connectivity index (χ0) is 35.9. The van der Waals surface area contributed by atoms with Crippen LogP contribution in [0, 0.1) is 51.4 Å². The van der Waals surface area contributed by atoms with Crippen LogP contribution < -0.4 is 9.80 Å². The zero-order valence-electron chi connectivity index (χ0n) is 29.6. The molecule has 0 N–H and O–H groups in total. The lowest BCUT2D eigenvalue weighted by Gasteiger charge is -2.18. The molecule has 4 atom stereocenters. The van der Waals surface area contributed by atoms with E-state index < -0.39 is 0 Å². The first-order valence-corrected chi connectivity index (χ1v) is 18.8. The van der Waals surface area contributed by atoms with Gasteiger partial charge in [0.15, 0.2) is 11.6 Å². The maximum atomic E-state index is 5.78. The molecule has 6 aromatic rings. The second-order valence-electron chi connectivity index (χ2n) is 14.1. The lowest BCUT2D eigenvalue weighted by molar-refractivity contribution is 0.800. The van der Waals surface area contributed by atoms with Crippen molar-refractivity contribution < 1.29 is 0 Å². The van der Waals surface area contributed by atoms with Crippen molar-refractivity contribution in [3.8, 4) is 23.0 Å². The number of aryl methyl sites for hydroxylation is 4. The SMILES string of the molecule is Brc1cnc(N2CC3CC3C2)cn1.C.Cc1ccc(C)n1-c1cncc(-c2cnc(N3CC4CC4C3)cn2)n1.Cc1ccc(C)n1-c1cncc(Cl)n1. The molecular weight excluding hydrogens is 752 g/mol. The summed E-state index contributed by atoms with van der Waals surface area (Å²) in [7, 11) is 0. The summed E-state index contributed by atoms with van der Waals surface area (Å²) in [5.41, 5.74) is 6.02. The van der Waals surface area contributed by atoms with Gasteiger partial charge in [-0.1, -0.05) is 19.0 Å². The van der Waals surface area contributed by atoms with Gasteiger partial charge in [-0.15, -0.1) is 0 Å². The van der Waals surface area contributed by atoms with E-state index in [1.54, 1.807) is 24.8 Å². The molecule has 2 aliphatic heterocycles. The number of rotatable bonds is 5. The third-order valence-corrected chi connectivity index (χ3v) is 10.9. The Labute approximate surface area is 323 Å². The van der Waals surface area contributed by atoms with Crippen LogP contribution >= 0.6 is 27.5 Å². The summed E-state index contributed by atoms with van der Waals surface area (Å²) in [5.74, 6) is 7.23. The van der Waals surface area contributed by atoms with Crippen molar-refractivity contribution in [2.24, 2.45) is 23.7 Å². The molecule has 0 spiro atoms. The number of aromatic nitrogens is 10. The molecule has 14 heteroatoms. The summed E-state index contributed by atoms with van der Waals surface area (Å²) in [6.07, 6.45) is 16.8. The second-order valence-corrected chi connectivity index (χ2v) is 15.3. The number of nitrogens with zero attached hydrogens (tertiary/aromatic N) is 12. The normalized spacial score (nSPS) is 20.3. The molecule has 0 bridgehead atoms. The molecule has 2 saturated heterocycles. The first-order chi connectivity index (χ1) is 25.2. The third kappa shape index (κ3) is 8.11. The quantitative estimate of drug-likeness (QED) is 0.172. The zero-order valence-corrected chi connectivity index (χ0v) is 31.9. The van der Waals surface area contributed by atoms with Crippen molar-refractivity contribution in [3.63, 3.8) is 0 Å². The van der Waals surface area contributed by atoms with E-state index in [1.165, 1.54) is 32.1 Å². The minimum absolute atomic E-state index is 0. The fourth-order valence-electron chi connectivity index (χ4n) is 7.34. The Kier molecular flexibility index (Phi) is 10.6. The van der Waals surface area contributed by atoms with Crippen molar-refractivity contribution in [2.75, 3.05) is 36.0 Å². The lowest BCUT2D eigenvalue weighted by atomic mass is 10.3. The van der Waals surface area contributed by atoms with Gasteiger partial charge in [0.05, 0.1) is 49.6 Å². The fraction of sp³-hybridized carbons (Fsp3) is 0.385. The van der Waals surface area contributed by atoms with E-state index >= 15 is 0 Å². The van der Waals surface area contributed by atoms with Gasteiger partial charge in [-0.05, 0) is 104 Å². The van der Waals surface area contributed by atoms with E-state index in [0.29, 0.717) is 5.15 Å². The van der Waals surface area contributed by atoms with Crippen LogP contribution in [0.1, 0.15) is 43.0 Å². The summed E-state index contributed by atoms with van der Waals surface area (Å²) in [5, 5.41) is 0.412. The van der Waals surface area contributed by atoms with Gasteiger partial charge in [0.1, 0.15) is 32.8 Å². The van der Waals surface area contributed by atoms with Crippen molar-refractivity contribution in [2.45, 2.75) is 48.0 Å². The van der Waals surface area contributed by atoms with Gasteiger partial charge < -0.3 is 18.9 Å². The number of anilines is 2. The van der Waals surface area contributed by atoms with E-state index in [4.69, 9.17) is 16.6 Å². The molecule has 274 valence electrons. The predicted molar refractivity (Wildman–Crippen MR) is 212 cm³/mol. The van der Waals surface area contributed by atoms with Crippen LogP contribution in [0.2, 0.25) is 5.15 Å². The van der Waals surface area contributed by atoms with Crippen molar-refractivity contribution in [1.82, 2.24) is 49.0 Å². The van der Waals surface area contributed by atoms with Crippen molar-refractivity contribution >= 4 is 39.2 Å². The maximum Gasteiger partial charge on any atom is 0.157 e. The van der Waals surface area contributed by atoms with Gasteiger partial charge in [0, 0.05) is 49.0 Å². The minimum atomic E-state index is 0. The average Bonchev–Trinajstić information content (AvgIpc) is 3.82. The van der Waals surface area contributed by atoms with E-state index in [-0.39, 0.29) is 7.43 Å². The summed E-state index contributed by atoms with van der Waals surface area (Å²) < 4.78 is 4.91. The molecule has 2 saturated carbocycles. The molecule has 10 rings (SSSR count). The van der Waals surface area contributed by atoms with E-state index in [2.05, 4.69) is 91.2 Å². The molecule has 4 fully saturated rings. The van der Waals surface area contributed by atoms with Gasteiger partial charge >= 0.3 is 0 Å². The molecule has 0 aromatic carbocycles. The largest absolute Gasteiger partial charge is 0.355 e. The molecule has 0 amide bonds. The maximum absolute atomic E-state index is 5.78. The highest BCUT2D eigenvalue weighted by Crippen LogP contribution is 2.46. The number of fused-ring (bicyclic) bond motifs is 2. The second kappa shape index (κ2) is 15.3. The van der Waals surface area contributed by atoms with Gasteiger partial charge in [0.25, 0.3) is 0 Å². The summed E-state index contributed by atoms with van der Waals surface area (Å²) in [4.78, 5) is 39.7. The van der Waals surface area contributed by atoms with E-state index in [9.17, 15) is 0 Å². The lowest BCUT2D eigenvalue weighted by Crippen LogP contribution is -2.22. The number of hydrogen-bond acceptors (Lipinski definition) is 10. The molecule has 12 nitrogen and oxygen atoms in total. The molecule has 6 aromatic heterocycles. The summed E-state index contributed by atoms with van der Waals surface area (Å²) in [6, 6.07) is 8.24. The molecule has 4 unspecified atom stereocenters.